The Bertz CT molecular complexity index is 948. The van der Waals surface area contributed by atoms with Gasteiger partial charge in [-0.1, -0.05) is 20.8 Å². The molecule has 3 heterocycles. The van der Waals surface area contributed by atoms with Crippen molar-refractivity contribution in [2.75, 3.05) is 0 Å². The summed E-state index contributed by atoms with van der Waals surface area (Å²) in [7, 11) is 1.74. The highest BCUT2D eigenvalue weighted by Gasteiger charge is 2.18. The summed E-state index contributed by atoms with van der Waals surface area (Å²) >= 11 is 0. The molecule has 0 saturated carbocycles. The van der Waals surface area contributed by atoms with Crippen LogP contribution in [0, 0.1) is 5.41 Å². The maximum Gasteiger partial charge on any atom is 0.330 e. The largest absolute Gasteiger partial charge is 0.392 e. The van der Waals surface area contributed by atoms with Crippen LogP contribution in [0.5, 0.6) is 0 Å². The van der Waals surface area contributed by atoms with Gasteiger partial charge >= 0.3 is 5.69 Å². The lowest BCUT2D eigenvalue weighted by Crippen LogP contribution is -2.27. The van der Waals surface area contributed by atoms with Gasteiger partial charge in [0.2, 0.25) is 0 Å². The minimum Gasteiger partial charge on any atom is -0.392 e. The molecule has 0 saturated heterocycles. The fourth-order valence-corrected chi connectivity index (χ4v) is 2.78. The molecule has 3 rings (SSSR count). The molecule has 0 unspecified atom stereocenters. The van der Waals surface area contributed by atoms with Crippen LogP contribution in [0.25, 0.3) is 22.4 Å². The van der Waals surface area contributed by atoms with Gasteiger partial charge in [0.1, 0.15) is 0 Å². The summed E-state index contributed by atoms with van der Waals surface area (Å²) in [5.74, 6) is 0. The molecule has 3 aromatic rings. The Balaban J connectivity index is 2.15. The van der Waals surface area contributed by atoms with Crippen LogP contribution in [-0.2, 0) is 20.2 Å². The molecule has 6 nitrogen and oxygen atoms in total. The van der Waals surface area contributed by atoms with E-state index in [4.69, 9.17) is 0 Å². The second kappa shape index (κ2) is 5.87. The molecule has 6 heteroatoms. The van der Waals surface area contributed by atoms with Gasteiger partial charge in [-0.3, -0.25) is 14.1 Å². The number of imidazole rings is 1. The summed E-state index contributed by atoms with van der Waals surface area (Å²) in [5.41, 5.74) is 3.69. The number of aryl methyl sites for hydroxylation is 1. The second-order valence-electron chi connectivity index (χ2n) is 7.27. The second-order valence-corrected chi connectivity index (χ2v) is 7.27. The maximum atomic E-state index is 12.6. The van der Waals surface area contributed by atoms with E-state index in [1.165, 1.54) is 0 Å². The molecule has 0 amide bonds. The van der Waals surface area contributed by atoms with Gasteiger partial charge in [0.25, 0.3) is 0 Å². The summed E-state index contributed by atoms with van der Waals surface area (Å²) < 4.78 is 3.35. The first-order valence-corrected chi connectivity index (χ1v) is 7.91. The number of pyridine rings is 2. The first kappa shape index (κ1) is 16.4. The summed E-state index contributed by atoms with van der Waals surface area (Å²) in [5, 5.41) is 9.26. The van der Waals surface area contributed by atoms with Crippen molar-refractivity contribution in [2.24, 2.45) is 12.5 Å². The van der Waals surface area contributed by atoms with Crippen molar-refractivity contribution in [1.82, 2.24) is 19.1 Å². The monoisotopic (exact) mass is 326 g/mol. The van der Waals surface area contributed by atoms with E-state index >= 15 is 0 Å². The Labute approximate surface area is 140 Å². The van der Waals surface area contributed by atoms with E-state index in [2.05, 4.69) is 30.7 Å². The van der Waals surface area contributed by atoms with Crippen LogP contribution in [0.1, 0.15) is 26.3 Å². The number of aliphatic hydroxyl groups is 1. The molecule has 0 spiro atoms. The Morgan fingerprint density at radius 2 is 1.96 bits per heavy atom. The number of hydrogen-bond donors (Lipinski definition) is 1. The number of aliphatic hydroxyl groups excluding tert-OH is 1. The zero-order chi connectivity index (χ0) is 17.5. The molecule has 0 aromatic carbocycles. The van der Waals surface area contributed by atoms with Crippen molar-refractivity contribution < 1.29 is 5.11 Å². The minimum atomic E-state index is -0.0659. The highest BCUT2D eigenvalue weighted by Crippen LogP contribution is 2.23. The molecule has 0 fully saturated rings. The Hall–Kier alpha value is -2.47. The predicted octanol–water partition coefficient (Wildman–Crippen LogP) is 2.34. The first-order chi connectivity index (χ1) is 11.3. The SMILES string of the molecule is Cn1c(=O)n(CC(C)(C)C)c2ccc(-c3cncc(CO)c3)nc21. The van der Waals surface area contributed by atoms with Crippen molar-refractivity contribution in [3.63, 3.8) is 0 Å². The van der Waals surface area contributed by atoms with Crippen LogP contribution in [0.15, 0.2) is 35.4 Å². The Kier molecular flexibility index (Phi) is 4.01. The highest BCUT2D eigenvalue weighted by atomic mass is 16.3. The lowest BCUT2D eigenvalue weighted by molar-refractivity contribution is 0.281. The highest BCUT2D eigenvalue weighted by molar-refractivity contribution is 5.76. The summed E-state index contributed by atoms with van der Waals surface area (Å²) in [6.45, 7) is 6.87. The third kappa shape index (κ3) is 2.97. The third-order valence-electron chi connectivity index (χ3n) is 3.89. The van der Waals surface area contributed by atoms with Crippen molar-refractivity contribution in [3.8, 4) is 11.3 Å². The van der Waals surface area contributed by atoms with E-state index in [0.29, 0.717) is 12.2 Å². The Morgan fingerprint density at radius 3 is 2.62 bits per heavy atom. The van der Waals surface area contributed by atoms with Crippen LogP contribution in [-0.4, -0.2) is 24.2 Å². The number of aromatic nitrogens is 4. The van der Waals surface area contributed by atoms with Crippen LogP contribution in [0.2, 0.25) is 0 Å². The van der Waals surface area contributed by atoms with E-state index < -0.39 is 0 Å². The van der Waals surface area contributed by atoms with Gasteiger partial charge in [0.15, 0.2) is 5.65 Å². The van der Waals surface area contributed by atoms with Crippen molar-refractivity contribution in [2.45, 2.75) is 33.9 Å². The molecule has 0 aliphatic carbocycles. The average molecular weight is 326 g/mol. The Morgan fingerprint density at radius 1 is 1.21 bits per heavy atom. The van der Waals surface area contributed by atoms with Crippen LogP contribution in [0.4, 0.5) is 0 Å². The van der Waals surface area contributed by atoms with Gasteiger partial charge < -0.3 is 5.11 Å². The van der Waals surface area contributed by atoms with Gasteiger partial charge in [-0.25, -0.2) is 9.78 Å². The van der Waals surface area contributed by atoms with Gasteiger partial charge in [-0.2, -0.15) is 0 Å². The molecular weight excluding hydrogens is 304 g/mol. The topological polar surface area (TPSA) is 72.9 Å². The lowest BCUT2D eigenvalue weighted by atomic mass is 9.97. The van der Waals surface area contributed by atoms with Crippen molar-refractivity contribution in [3.05, 3.63) is 46.6 Å². The zero-order valence-electron chi connectivity index (χ0n) is 14.4. The van der Waals surface area contributed by atoms with Crippen LogP contribution >= 0.6 is 0 Å². The number of hydrogen-bond acceptors (Lipinski definition) is 4. The molecular formula is C18H22N4O2. The molecule has 1 N–H and O–H groups in total. The van der Waals surface area contributed by atoms with Crippen LogP contribution < -0.4 is 5.69 Å². The molecule has 3 aromatic heterocycles. The predicted molar refractivity (Wildman–Crippen MR) is 93.6 cm³/mol. The van der Waals surface area contributed by atoms with E-state index in [-0.39, 0.29) is 17.7 Å². The lowest BCUT2D eigenvalue weighted by Gasteiger charge is -2.18. The van der Waals surface area contributed by atoms with Crippen LogP contribution in [0.3, 0.4) is 0 Å². The summed E-state index contributed by atoms with van der Waals surface area (Å²) in [4.78, 5) is 21.3. The standard InChI is InChI=1S/C18H22N4O2/c1-18(2,3)11-22-15-6-5-14(20-16(15)21(4)17(22)24)13-7-12(10-23)8-19-9-13/h5-9,23H,10-11H2,1-4H3. The van der Waals surface area contributed by atoms with Gasteiger partial charge in [-0.15, -0.1) is 0 Å². The number of rotatable bonds is 3. The average Bonchev–Trinajstić information content (AvgIpc) is 2.78. The van der Waals surface area contributed by atoms with Gasteiger partial charge in [0, 0.05) is 31.5 Å². The fourth-order valence-electron chi connectivity index (χ4n) is 2.78. The first-order valence-electron chi connectivity index (χ1n) is 7.91. The quantitative estimate of drug-likeness (QED) is 0.802. The number of nitrogens with zero attached hydrogens (tertiary/aromatic N) is 4. The van der Waals surface area contributed by atoms with Gasteiger partial charge in [0.05, 0.1) is 17.8 Å². The minimum absolute atomic E-state index is 0.00381. The molecule has 0 bridgehead atoms. The van der Waals surface area contributed by atoms with E-state index in [0.717, 1.165) is 22.3 Å². The number of fused-ring (bicyclic) bond motifs is 1. The van der Waals surface area contributed by atoms with E-state index in [9.17, 15) is 9.90 Å². The smallest absolute Gasteiger partial charge is 0.330 e. The van der Waals surface area contributed by atoms with Gasteiger partial charge in [-0.05, 0) is 29.2 Å². The zero-order valence-corrected chi connectivity index (χ0v) is 14.4. The molecule has 0 radical (unpaired) electrons. The third-order valence-corrected chi connectivity index (χ3v) is 3.89. The molecule has 0 aliphatic rings. The van der Waals surface area contributed by atoms with E-state index in [1.807, 2.05) is 18.2 Å². The fraction of sp³-hybridized carbons (Fsp3) is 0.389. The molecule has 24 heavy (non-hydrogen) atoms. The maximum absolute atomic E-state index is 12.6. The van der Waals surface area contributed by atoms with E-state index in [1.54, 1.807) is 28.6 Å². The molecule has 0 atom stereocenters. The summed E-state index contributed by atoms with van der Waals surface area (Å²) in [6.07, 6.45) is 3.33. The summed E-state index contributed by atoms with van der Waals surface area (Å²) in [6, 6.07) is 5.67. The molecule has 0 aliphatic heterocycles. The van der Waals surface area contributed by atoms with Crippen molar-refractivity contribution >= 4 is 11.2 Å². The van der Waals surface area contributed by atoms with Crippen molar-refractivity contribution in [1.29, 1.82) is 0 Å². The molecule has 126 valence electrons. The normalized spacial score (nSPS) is 12.0.